The first kappa shape index (κ1) is 19.0. The molecule has 4 heterocycles. The van der Waals surface area contributed by atoms with E-state index >= 15 is 0 Å². The summed E-state index contributed by atoms with van der Waals surface area (Å²) in [7, 11) is 0. The lowest BCUT2D eigenvalue weighted by molar-refractivity contribution is -0.0313. The molecule has 6 rings (SSSR count). The Morgan fingerprint density at radius 3 is 2.66 bits per heavy atom. The maximum absolute atomic E-state index is 14.1. The number of nitrogens with one attached hydrogen (secondary N) is 1. The number of carbonyl (C=O) groups is 1. The van der Waals surface area contributed by atoms with Crippen molar-refractivity contribution in [2.24, 2.45) is 0 Å². The highest BCUT2D eigenvalue weighted by Gasteiger charge is 2.48. The van der Waals surface area contributed by atoms with Gasteiger partial charge in [0.15, 0.2) is 11.5 Å². The van der Waals surface area contributed by atoms with Crippen LogP contribution < -0.4 is 0 Å². The summed E-state index contributed by atoms with van der Waals surface area (Å²) in [5.41, 5.74) is 1.64. The Morgan fingerprint density at radius 2 is 1.84 bits per heavy atom. The van der Waals surface area contributed by atoms with Gasteiger partial charge in [-0.1, -0.05) is 12.1 Å². The molecular weight excluding hydrogens is 416 g/mol. The van der Waals surface area contributed by atoms with E-state index in [9.17, 15) is 13.6 Å². The molecule has 0 amide bonds. The third-order valence-corrected chi connectivity index (χ3v) is 6.42. The standard InChI is InChI=1S/C23H17F2N5O2/c24-16-4-2-1-3-13(16)20-27-11-17-21(30-20)29-19(28-17)12-5-7-23(8-6-12)15-10-26-18(25)9-14(15)22(31)32-23/h1-4,9-12H,5-8H2,(H,27,28,29,30)/t12-,23-. The Labute approximate surface area is 180 Å². The molecule has 0 unspecified atom stereocenters. The first-order valence-electron chi connectivity index (χ1n) is 10.4. The van der Waals surface area contributed by atoms with E-state index in [1.807, 2.05) is 0 Å². The lowest BCUT2D eigenvalue weighted by atomic mass is 9.75. The van der Waals surface area contributed by atoms with Crippen LogP contribution in [0.15, 0.2) is 42.7 Å². The zero-order valence-electron chi connectivity index (χ0n) is 16.8. The average molecular weight is 433 g/mol. The van der Waals surface area contributed by atoms with E-state index in [0.717, 1.165) is 24.7 Å². The number of hydrogen-bond donors (Lipinski definition) is 1. The molecule has 2 aliphatic rings. The molecule has 1 fully saturated rings. The van der Waals surface area contributed by atoms with E-state index in [-0.39, 0.29) is 23.1 Å². The van der Waals surface area contributed by atoms with E-state index in [1.54, 1.807) is 24.4 Å². The molecule has 0 saturated heterocycles. The molecule has 1 N–H and O–H groups in total. The number of halogens is 2. The van der Waals surface area contributed by atoms with Crippen LogP contribution in [0.2, 0.25) is 0 Å². The van der Waals surface area contributed by atoms with Gasteiger partial charge in [0, 0.05) is 23.7 Å². The van der Waals surface area contributed by atoms with Gasteiger partial charge in [0.05, 0.1) is 17.3 Å². The number of hydrogen-bond acceptors (Lipinski definition) is 6. The molecule has 160 valence electrons. The minimum absolute atomic E-state index is 0.114. The summed E-state index contributed by atoms with van der Waals surface area (Å²) in [5, 5.41) is 0. The minimum Gasteiger partial charge on any atom is -0.450 e. The topological polar surface area (TPSA) is 93.6 Å². The van der Waals surface area contributed by atoms with Gasteiger partial charge >= 0.3 is 5.97 Å². The molecule has 7 nitrogen and oxygen atoms in total. The van der Waals surface area contributed by atoms with Crippen molar-refractivity contribution >= 4 is 17.1 Å². The predicted molar refractivity (Wildman–Crippen MR) is 110 cm³/mol. The predicted octanol–water partition coefficient (Wildman–Crippen LogP) is 4.42. The van der Waals surface area contributed by atoms with Crippen molar-refractivity contribution in [3.05, 3.63) is 71.4 Å². The first-order chi connectivity index (χ1) is 15.5. The largest absolute Gasteiger partial charge is 0.450 e. The number of pyridine rings is 1. The minimum atomic E-state index is -0.757. The summed E-state index contributed by atoms with van der Waals surface area (Å²) >= 11 is 0. The number of aromatic amines is 1. The van der Waals surface area contributed by atoms with Gasteiger partial charge in [-0.25, -0.2) is 29.1 Å². The van der Waals surface area contributed by atoms with Gasteiger partial charge in [-0.05, 0) is 37.8 Å². The van der Waals surface area contributed by atoms with Gasteiger partial charge in [0.1, 0.15) is 22.8 Å². The van der Waals surface area contributed by atoms with Crippen LogP contribution in [-0.2, 0) is 10.3 Å². The first-order valence-corrected chi connectivity index (χ1v) is 10.4. The van der Waals surface area contributed by atoms with Crippen LogP contribution >= 0.6 is 0 Å². The Morgan fingerprint density at radius 1 is 1.03 bits per heavy atom. The number of ether oxygens (including phenoxy) is 1. The summed E-state index contributed by atoms with van der Waals surface area (Å²) in [5.74, 6) is -0.407. The van der Waals surface area contributed by atoms with Crippen molar-refractivity contribution < 1.29 is 18.3 Å². The molecule has 4 aromatic rings. The number of fused-ring (bicyclic) bond motifs is 3. The molecule has 32 heavy (non-hydrogen) atoms. The van der Waals surface area contributed by atoms with Crippen LogP contribution in [0.4, 0.5) is 8.78 Å². The fourth-order valence-corrected chi connectivity index (χ4v) is 4.77. The molecule has 1 aliphatic heterocycles. The molecule has 1 spiro atoms. The number of benzene rings is 1. The zero-order valence-corrected chi connectivity index (χ0v) is 16.8. The summed E-state index contributed by atoms with van der Waals surface area (Å²) in [6.07, 6.45) is 5.64. The number of aromatic nitrogens is 5. The lowest BCUT2D eigenvalue weighted by Crippen LogP contribution is -2.31. The van der Waals surface area contributed by atoms with Crippen LogP contribution in [0.3, 0.4) is 0 Å². The van der Waals surface area contributed by atoms with Crippen molar-refractivity contribution in [1.82, 2.24) is 24.9 Å². The SMILES string of the molecule is O=C1O[C@]2(CC[C@H](c3nc4nc(-c5ccccc5F)ncc4[nH]3)CC2)c2cnc(F)cc21. The molecule has 9 heteroatoms. The van der Waals surface area contributed by atoms with Crippen LogP contribution in [0.5, 0.6) is 0 Å². The number of imidazole rings is 1. The number of carbonyl (C=O) groups excluding carboxylic acids is 1. The van der Waals surface area contributed by atoms with E-state index in [2.05, 4.69) is 24.9 Å². The number of H-pyrrole nitrogens is 1. The summed E-state index contributed by atoms with van der Waals surface area (Å²) in [6, 6.07) is 7.49. The Hall–Kier alpha value is -3.75. The van der Waals surface area contributed by atoms with Crippen LogP contribution in [0, 0.1) is 11.8 Å². The third kappa shape index (κ3) is 2.88. The van der Waals surface area contributed by atoms with Gasteiger partial charge in [-0.3, -0.25) is 0 Å². The van der Waals surface area contributed by atoms with Crippen molar-refractivity contribution in [2.45, 2.75) is 37.2 Å². The second-order valence-electron chi connectivity index (χ2n) is 8.24. The van der Waals surface area contributed by atoms with Crippen molar-refractivity contribution in [3.63, 3.8) is 0 Å². The summed E-state index contributed by atoms with van der Waals surface area (Å²) in [6.45, 7) is 0. The Kier molecular flexibility index (Phi) is 4.08. The number of nitrogens with zero attached hydrogens (tertiary/aromatic N) is 4. The smallest absolute Gasteiger partial charge is 0.339 e. The maximum Gasteiger partial charge on any atom is 0.339 e. The quantitative estimate of drug-likeness (QED) is 0.372. The molecule has 0 atom stereocenters. The third-order valence-electron chi connectivity index (χ3n) is 6.42. The highest BCUT2D eigenvalue weighted by atomic mass is 19.1. The summed E-state index contributed by atoms with van der Waals surface area (Å²) < 4.78 is 33.3. The van der Waals surface area contributed by atoms with Gasteiger partial charge in [-0.2, -0.15) is 4.39 Å². The lowest BCUT2D eigenvalue weighted by Gasteiger charge is -2.35. The molecule has 0 bridgehead atoms. The monoisotopic (exact) mass is 433 g/mol. The van der Waals surface area contributed by atoms with Crippen LogP contribution in [0.1, 0.15) is 53.3 Å². The van der Waals surface area contributed by atoms with E-state index in [1.165, 1.54) is 12.3 Å². The van der Waals surface area contributed by atoms with Gasteiger partial charge in [0.25, 0.3) is 0 Å². The van der Waals surface area contributed by atoms with E-state index in [4.69, 9.17) is 4.74 Å². The Balaban J connectivity index is 1.26. The maximum atomic E-state index is 14.1. The van der Waals surface area contributed by atoms with Gasteiger partial charge < -0.3 is 9.72 Å². The van der Waals surface area contributed by atoms with Crippen LogP contribution in [-0.4, -0.2) is 30.9 Å². The molecular formula is C23H17F2N5O2. The molecule has 1 aromatic carbocycles. The molecule has 3 aromatic heterocycles. The number of rotatable bonds is 2. The molecule has 1 saturated carbocycles. The van der Waals surface area contributed by atoms with E-state index in [0.29, 0.717) is 35.1 Å². The van der Waals surface area contributed by atoms with E-state index < -0.39 is 17.5 Å². The fraction of sp³-hybridized carbons (Fsp3) is 0.261. The average Bonchev–Trinajstić information content (AvgIpc) is 3.33. The van der Waals surface area contributed by atoms with Crippen LogP contribution in [0.25, 0.3) is 22.6 Å². The Bertz CT molecular complexity index is 1380. The zero-order chi connectivity index (χ0) is 21.9. The highest BCUT2D eigenvalue weighted by Crippen LogP contribution is 2.49. The second kappa shape index (κ2) is 6.88. The normalized spacial score (nSPS) is 22.3. The van der Waals surface area contributed by atoms with Crippen molar-refractivity contribution in [2.75, 3.05) is 0 Å². The molecule has 0 radical (unpaired) electrons. The number of esters is 1. The highest BCUT2D eigenvalue weighted by molar-refractivity contribution is 5.94. The fourth-order valence-electron chi connectivity index (χ4n) is 4.77. The van der Waals surface area contributed by atoms with Gasteiger partial charge in [-0.15, -0.1) is 0 Å². The summed E-state index contributed by atoms with van der Waals surface area (Å²) in [4.78, 5) is 32.6. The van der Waals surface area contributed by atoms with Gasteiger partial charge in [0.2, 0.25) is 5.95 Å². The van der Waals surface area contributed by atoms with Crippen molar-refractivity contribution in [3.8, 4) is 11.4 Å². The second-order valence-corrected chi connectivity index (χ2v) is 8.24. The molecule has 1 aliphatic carbocycles. The van der Waals surface area contributed by atoms with Crippen molar-refractivity contribution in [1.29, 1.82) is 0 Å².